The number of anilines is 2. The second-order valence-corrected chi connectivity index (χ2v) is 8.89. The molecule has 0 spiro atoms. The van der Waals surface area contributed by atoms with Gasteiger partial charge in [-0.3, -0.25) is 19.1 Å². The molecule has 0 saturated carbocycles. The van der Waals surface area contributed by atoms with E-state index >= 15 is 0 Å². The Morgan fingerprint density at radius 1 is 1.06 bits per heavy atom. The van der Waals surface area contributed by atoms with Crippen LogP contribution in [0.25, 0.3) is 22.2 Å². The van der Waals surface area contributed by atoms with Gasteiger partial charge in [0.05, 0.1) is 16.8 Å². The van der Waals surface area contributed by atoms with Gasteiger partial charge in [-0.2, -0.15) is 0 Å². The van der Waals surface area contributed by atoms with Crippen LogP contribution in [-0.2, 0) is 6.54 Å². The van der Waals surface area contributed by atoms with E-state index in [1.54, 1.807) is 6.07 Å². The van der Waals surface area contributed by atoms with Crippen LogP contribution in [0.3, 0.4) is 0 Å². The number of para-hydroxylation sites is 1. The van der Waals surface area contributed by atoms with Crippen LogP contribution in [0, 0.1) is 6.92 Å². The number of rotatable bonds is 8. The Balaban J connectivity index is 1.93. The summed E-state index contributed by atoms with van der Waals surface area (Å²) in [6, 6.07) is 17.1. The maximum atomic E-state index is 14.2. The molecule has 8 nitrogen and oxygen atoms in total. The van der Waals surface area contributed by atoms with Gasteiger partial charge < -0.3 is 10.6 Å². The van der Waals surface area contributed by atoms with E-state index < -0.39 is 11.2 Å². The van der Waals surface area contributed by atoms with E-state index in [0.29, 0.717) is 41.5 Å². The number of H-pyrrole nitrogens is 1. The number of aryl methyl sites for hydroxylation is 1. The van der Waals surface area contributed by atoms with Gasteiger partial charge in [-0.1, -0.05) is 68.3 Å². The normalized spacial score (nSPS) is 11.1. The van der Waals surface area contributed by atoms with Gasteiger partial charge >= 0.3 is 5.69 Å². The van der Waals surface area contributed by atoms with Gasteiger partial charge in [0.15, 0.2) is 5.69 Å². The van der Waals surface area contributed by atoms with Crippen LogP contribution in [0.4, 0.5) is 11.5 Å². The summed E-state index contributed by atoms with van der Waals surface area (Å²) in [6.45, 7) is 6.54. The summed E-state index contributed by atoms with van der Waals surface area (Å²) in [4.78, 5) is 48.1. The first kappa shape index (κ1) is 24.9. The minimum atomic E-state index is -0.675. The molecule has 3 N–H and O–H groups in total. The average Bonchev–Trinajstić information content (AvgIpc) is 2.87. The molecule has 0 aliphatic heterocycles. The van der Waals surface area contributed by atoms with Crippen LogP contribution in [0.2, 0.25) is 0 Å². The molecule has 0 saturated heterocycles. The van der Waals surface area contributed by atoms with E-state index in [1.165, 1.54) is 9.47 Å². The third kappa shape index (κ3) is 4.79. The van der Waals surface area contributed by atoms with Gasteiger partial charge in [0.1, 0.15) is 5.82 Å². The molecule has 4 rings (SSSR count). The fourth-order valence-corrected chi connectivity index (χ4v) is 4.28. The fraction of sp³-hybridized carbons (Fsp3) is 0.286. The van der Waals surface area contributed by atoms with Gasteiger partial charge in [0, 0.05) is 24.0 Å². The van der Waals surface area contributed by atoms with E-state index in [4.69, 9.17) is 10.7 Å². The van der Waals surface area contributed by atoms with Crippen molar-refractivity contribution in [2.45, 2.75) is 46.6 Å². The zero-order valence-electron chi connectivity index (χ0n) is 20.9. The number of benzene rings is 2. The molecule has 2 aromatic carbocycles. The van der Waals surface area contributed by atoms with Crippen molar-refractivity contribution in [1.82, 2.24) is 14.5 Å². The molecule has 0 atom stereocenters. The Bertz CT molecular complexity index is 1520. The topological polar surface area (TPSA) is 114 Å². The molecule has 36 heavy (non-hydrogen) atoms. The summed E-state index contributed by atoms with van der Waals surface area (Å²) in [7, 11) is 0. The predicted octanol–water partition coefficient (Wildman–Crippen LogP) is 4.50. The standard InChI is InChI=1S/C28H31N5O3/c1-4-6-16-32(24-25(29)33(15-5-2)28(36)31-26(24)34)27(35)21-17-23(19-13-11-18(3)12-14-19)30-22-10-8-7-9-20(21)22/h7-14,17H,4-6,15-16,29H2,1-3H3,(H,31,34,36). The molecule has 0 bridgehead atoms. The average molecular weight is 486 g/mol. The summed E-state index contributed by atoms with van der Waals surface area (Å²) in [5.74, 6) is -0.374. The molecule has 0 aliphatic carbocycles. The minimum absolute atomic E-state index is 0.000667. The van der Waals surface area contributed by atoms with Gasteiger partial charge in [0.2, 0.25) is 0 Å². The Morgan fingerprint density at radius 3 is 2.47 bits per heavy atom. The first-order valence-electron chi connectivity index (χ1n) is 12.3. The van der Waals surface area contributed by atoms with E-state index in [1.807, 2.05) is 69.3 Å². The van der Waals surface area contributed by atoms with Crippen LogP contribution in [0.1, 0.15) is 49.0 Å². The Labute approximate surface area is 209 Å². The van der Waals surface area contributed by atoms with Crippen LogP contribution in [-0.4, -0.2) is 27.0 Å². The molecule has 0 radical (unpaired) electrons. The van der Waals surface area contributed by atoms with Crippen molar-refractivity contribution in [3.8, 4) is 11.3 Å². The first-order chi connectivity index (χ1) is 17.3. The number of hydrogen-bond donors (Lipinski definition) is 2. The number of carbonyl (C=O) groups is 1. The molecule has 0 aliphatic rings. The zero-order valence-corrected chi connectivity index (χ0v) is 20.9. The molecule has 0 fully saturated rings. The van der Waals surface area contributed by atoms with Crippen LogP contribution in [0.5, 0.6) is 0 Å². The number of pyridine rings is 1. The van der Waals surface area contributed by atoms with Crippen molar-refractivity contribution in [3.63, 3.8) is 0 Å². The van der Waals surface area contributed by atoms with Crippen LogP contribution >= 0.6 is 0 Å². The number of nitrogens with zero attached hydrogens (tertiary/aromatic N) is 3. The van der Waals surface area contributed by atoms with Gasteiger partial charge in [0.25, 0.3) is 11.5 Å². The highest BCUT2D eigenvalue weighted by atomic mass is 16.2. The zero-order chi connectivity index (χ0) is 25.8. The fourth-order valence-electron chi connectivity index (χ4n) is 4.28. The lowest BCUT2D eigenvalue weighted by Crippen LogP contribution is -2.41. The number of aromatic amines is 1. The van der Waals surface area contributed by atoms with Crippen LogP contribution in [0.15, 0.2) is 64.2 Å². The number of aromatic nitrogens is 3. The van der Waals surface area contributed by atoms with E-state index in [-0.39, 0.29) is 24.0 Å². The summed E-state index contributed by atoms with van der Waals surface area (Å²) < 4.78 is 1.31. The quantitative estimate of drug-likeness (QED) is 0.381. The number of nitrogen functional groups attached to an aromatic ring is 1. The molecule has 8 heteroatoms. The third-order valence-electron chi connectivity index (χ3n) is 6.21. The van der Waals surface area contributed by atoms with E-state index in [0.717, 1.165) is 17.5 Å². The van der Waals surface area contributed by atoms with Crippen molar-refractivity contribution < 1.29 is 4.79 Å². The lowest BCUT2D eigenvalue weighted by Gasteiger charge is -2.25. The van der Waals surface area contributed by atoms with Gasteiger partial charge in [-0.15, -0.1) is 0 Å². The highest BCUT2D eigenvalue weighted by Crippen LogP contribution is 2.28. The molecule has 2 heterocycles. The largest absolute Gasteiger partial charge is 0.383 e. The summed E-state index contributed by atoms with van der Waals surface area (Å²) in [6.07, 6.45) is 2.11. The van der Waals surface area contributed by atoms with Gasteiger partial charge in [-0.25, -0.2) is 9.78 Å². The number of nitrogens with two attached hydrogens (primary N) is 1. The highest BCUT2D eigenvalue weighted by molar-refractivity contribution is 6.14. The first-order valence-corrected chi connectivity index (χ1v) is 12.3. The number of hydrogen-bond acceptors (Lipinski definition) is 5. The van der Waals surface area contributed by atoms with Gasteiger partial charge in [-0.05, 0) is 31.9 Å². The number of unbranched alkanes of at least 4 members (excludes halogenated alkanes) is 1. The van der Waals surface area contributed by atoms with Crippen molar-refractivity contribution in [1.29, 1.82) is 0 Å². The minimum Gasteiger partial charge on any atom is -0.383 e. The predicted molar refractivity (Wildman–Crippen MR) is 145 cm³/mol. The smallest absolute Gasteiger partial charge is 0.330 e. The number of carbonyl (C=O) groups excluding carboxylic acids is 1. The van der Waals surface area contributed by atoms with Crippen molar-refractivity contribution in [3.05, 3.63) is 86.6 Å². The van der Waals surface area contributed by atoms with E-state index in [2.05, 4.69) is 4.98 Å². The maximum Gasteiger partial charge on any atom is 0.330 e. The summed E-state index contributed by atoms with van der Waals surface area (Å²) in [5, 5.41) is 0.678. The lowest BCUT2D eigenvalue weighted by atomic mass is 10.0. The molecule has 1 amide bonds. The number of fused-ring (bicyclic) bond motifs is 1. The number of amides is 1. The van der Waals surface area contributed by atoms with Crippen molar-refractivity contribution in [2.24, 2.45) is 0 Å². The third-order valence-corrected chi connectivity index (χ3v) is 6.21. The summed E-state index contributed by atoms with van der Waals surface area (Å²) in [5.41, 5.74) is 8.84. The Morgan fingerprint density at radius 2 is 1.78 bits per heavy atom. The van der Waals surface area contributed by atoms with Crippen molar-refractivity contribution in [2.75, 3.05) is 17.2 Å². The summed E-state index contributed by atoms with van der Waals surface area (Å²) >= 11 is 0. The maximum absolute atomic E-state index is 14.2. The molecular weight excluding hydrogens is 454 g/mol. The second-order valence-electron chi connectivity index (χ2n) is 8.89. The SMILES string of the molecule is CCCCN(C(=O)c1cc(-c2ccc(C)cc2)nc2ccccc12)c1c(N)n(CCC)c(=O)[nH]c1=O. The molecular formula is C28H31N5O3. The van der Waals surface area contributed by atoms with E-state index in [9.17, 15) is 14.4 Å². The highest BCUT2D eigenvalue weighted by Gasteiger charge is 2.26. The molecule has 186 valence electrons. The van der Waals surface area contributed by atoms with Crippen LogP contribution < -0.4 is 21.9 Å². The Kier molecular flexibility index (Phi) is 7.33. The Hall–Kier alpha value is -4.20. The monoisotopic (exact) mass is 485 g/mol. The lowest BCUT2D eigenvalue weighted by molar-refractivity contribution is 0.0987. The molecule has 2 aromatic heterocycles. The number of nitrogens with one attached hydrogen (secondary N) is 1. The molecule has 4 aromatic rings. The second kappa shape index (κ2) is 10.6. The van der Waals surface area contributed by atoms with Crippen molar-refractivity contribution >= 4 is 28.3 Å². The molecule has 0 unspecified atom stereocenters.